The Kier molecular flexibility index (Phi) is 93.6. The molecule has 14 nitrogen and oxygen atoms in total. The number of hydrogen-bond donors (Lipinski definition) is 1. The van der Waals surface area contributed by atoms with Gasteiger partial charge >= 0.3 is 43.8 Å². The summed E-state index contributed by atoms with van der Waals surface area (Å²) in [6.45, 7) is 29.1. The molecule has 0 amide bonds. The Balaban J connectivity index is -0.0000000387. The molecule has 17 heteroatoms. The monoisotopic (exact) mass is 679 g/mol. The van der Waals surface area contributed by atoms with Crippen LogP contribution in [0.15, 0.2) is 0 Å². The average molecular weight is 680 g/mol. The molecule has 0 atom stereocenters. The number of nitrogens with zero attached hydrogens (tertiary/aromatic N) is 1. The van der Waals surface area contributed by atoms with E-state index in [2.05, 4.69) is 0 Å². The van der Waals surface area contributed by atoms with Crippen molar-refractivity contribution in [3.63, 3.8) is 0 Å². The third-order valence-electron chi connectivity index (χ3n) is 1.28. The fraction of sp³-hybridized carbons (Fsp3) is 1.00. The summed E-state index contributed by atoms with van der Waals surface area (Å²) in [7, 11) is -2.80. The summed E-state index contributed by atoms with van der Waals surface area (Å²) < 4.78 is 21.7. The summed E-state index contributed by atoms with van der Waals surface area (Å²) in [5.41, 5.74) is 0. The van der Waals surface area contributed by atoms with Gasteiger partial charge in [0.15, 0.2) is 0 Å². The van der Waals surface area contributed by atoms with Gasteiger partial charge in [-0.15, -0.1) is 46.7 Å². The van der Waals surface area contributed by atoms with Gasteiger partial charge in [-0.2, -0.15) is 0 Å². The van der Waals surface area contributed by atoms with Crippen LogP contribution in [0.3, 0.4) is 0 Å². The third-order valence-corrected chi connectivity index (χ3v) is 3.85. The Hall–Kier alpha value is 0.0818. The molecule has 260 valence electrons. The van der Waals surface area contributed by atoms with Crippen LogP contribution >= 0.6 is 0 Å². The Labute approximate surface area is 285 Å². The Bertz CT molecular complexity index is 345. The van der Waals surface area contributed by atoms with Gasteiger partial charge in [-0.3, -0.25) is 0 Å². The first kappa shape index (κ1) is 69.7. The average Bonchev–Trinajstić information content (AvgIpc) is 2.65. The van der Waals surface area contributed by atoms with Gasteiger partial charge in [0.25, 0.3) is 5.09 Å². The van der Waals surface area contributed by atoms with E-state index in [0.717, 1.165) is 0 Å². The first-order chi connectivity index (χ1) is 18.4. The summed E-state index contributed by atoms with van der Waals surface area (Å²) in [6, 6.07) is 0. The molecule has 0 aromatic rings. The zero-order chi connectivity index (χ0) is 35.2. The summed E-state index contributed by atoms with van der Waals surface area (Å²) in [6.07, 6.45) is -2.50. The van der Waals surface area contributed by atoms with Crippen molar-refractivity contribution in [3.05, 3.63) is 10.1 Å². The van der Waals surface area contributed by atoms with Crippen LogP contribution in [0.5, 0.6) is 0 Å². The molecule has 0 spiro atoms. The van der Waals surface area contributed by atoms with Gasteiger partial charge < -0.3 is 53.6 Å². The van der Waals surface area contributed by atoms with Crippen LogP contribution in [-0.2, 0) is 17.7 Å². The van der Waals surface area contributed by atoms with Gasteiger partial charge in [0, 0.05) is 26.4 Å². The van der Waals surface area contributed by atoms with Crippen LogP contribution in [0.2, 0.25) is 0 Å². The summed E-state index contributed by atoms with van der Waals surface area (Å²) in [5.74, 6) is 0. The minimum Gasteiger partial charge on any atom is -0.852 e. The van der Waals surface area contributed by atoms with Crippen LogP contribution in [-0.4, -0.2) is 117 Å². The molecule has 0 unspecified atom stereocenters. The minimum absolute atomic E-state index is 0. The molecule has 0 rings (SSSR count). The summed E-state index contributed by atoms with van der Waals surface area (Å²) in [5, 5.41) is 70.8. The molecule has 0 fully saturated rings. The zero-order valence-electron chi connectivity index (χ0n) is 29.7. The quantitative estimate of drug-likeness (QED) is 0.184. The van der Waals surface area contributed by atoms with E-state index in [1.807, 2.05) is 27.7 Å². The van der Waals surface area contributed by atoms with E-state index in [0.29, 0.717) is 26.4 Å². The number of hydrogen-bond acceptors (Lipinski definition) is 12. The van der Waals surface area contributed by atoms with E-state index in [-0.39, 0.29) is 34.7 Å². The predicted molar refractivity (Wildman–Crippen MR) is 163 cm³/mol. The maximum absolute atomic E-state index is 9.53. The molecule has 0 radical (unpaired) electrons. The fourth-order valence-electron chi connectivity index (χ4n) is 0.957. The summed E-state index contributed by atoms with van der Waals surface area (Å²) in [4.78, 5) is 8.36. The standard InChI is InChI=1S/C8H20O4Si.6C3H7O.2Al.HNO3/c1-5-9-13(10-6-2,11-7-3)12-8-4;6*1-3(2)4;;;2-1(3)4/h5-8H2,1-4H3;6*3H,1-2H3;;;(H,2,3,4)/q;6*-1;2*+3;. The van der Waals surface area contributed by atoms with E-state index in [9.17, 15) is 30.6 Å². The molecule has 0 bridgehead atoms. The predicted octanol–water partition coefficient (Wildman–Crippen LogP) is -1.01. The molecule has 0 aliphatic heterocycles. The van der Waals surface area contributed by atoms with Gasteiger partial charge in [0.2, 0.25) is 0 Å². The second-order valence-electron chi connectivity index (χ2n) is 8.76. The molecule has 43 heavy (non-hydrogen) atoms. The largest absolute Gasteiger partial charge is 3.00 e. The fourth-order valence-corrected chi connectivity index (χ4v) is 2.87. The Morgan fingerprint density at radius 2 is 0.558 bits per heavy atom. The maximum atomic E-state index is 9.53. The molecule has 0 aromatic carbocycles. The third kappa shape index (κ3) is 261. The van der Waals surface area contributed by atoms with E-state index >= 15 is 0 Å². The van der Waals surface area contributed by atoms with Crippen molar-refractivity contribution < 1.29 is 58.6 Å². The normalized spacial score (nSPS) is 9.21. The molecule has 0 aliphatic carbocycles. The first-order valence-corrected chi connectivity index (χ1v) is 15.3. The maximum Gasteiger partial charge on any atom is 3.00 e. The van der Waals surface area contributed by atoms with Crippen molar-refractivity contribution in [2.75, 3.05) is 26.4 Å². The number of rotatable bonds is 8. The van der Waals surface area contributed by atoms with E-state index in [1.165, 1.54) is 0 Å². The Morgan fingerprint density at radius 3 is 0.605 bits per heavy atom. The van der Waals surface area contributed by atoms with Gasteiger partial charge in [-0.1, -0.05) is 83.1 Å². The second-order valence-corrected chi connectivity index (χ2v) is 10.9. The second kappa shape index (κ2) is 57.7. The molecule has 0 aromatic heterocycles. The topological polar surface area (TPSA) is 239 Å². The van der Waals surface area contributed by atoms with Crippen molar-refractivity contribution in [3.8, 4) is 0 Å². The van der Waals surface area contributed by atoms with Crippen molar-refractivity contribution in [2.45, 2.75) is 147 Å². The molecular formula is C26H63Al2NO13Si. The van der Waals surface area contributed by atoms with Crippen molar-refractivity contribution >= 4 is 43.8 Å². The van der Waals surface area contributed by atoms with E-state index in [4.69, 9.17) is 33.0 Å². The van der Waals surface area contributed by atoms with Crippen LogP contribution in [0.25, 0.3) is 0 Å². The Morgan fingerprint density at radius 1 is 0.488 bits per heavy atom. The van der Waals surface area contributed by atoms with Crippen LogP contribution in [0.4, 0.5) is 0 Å². The molecule has 1 N–H and O–H groups in total. The van der Waals surface area contributed by atoms with Crippen molar-refractivity contribution in [1.29, 1.82) is 0 Å². The summed E-state index contributed by atoms with van der Waals surface area (Å²) >= 11 is 0. The SMILES string of the molecule is CC(C)[O-].CC(C)[O-].CC(C)[O-].CC(C)[O-].CC(C)[O-].CC(C)[O-].CCO[Si](OCC)(OCC)OCC.O=[N+]([O-])O.[Al+3].[Al+3]. The van der Waals surface area contributed by atoms with Gasteiger partial charge in [-0.05, 0) is 27.7 Å². The van der Waals surface area contributed by atoms with Crippen molar-refractivity contribution in [1.82, 2.24) is 0 Å². The van der Waals surface area contributed by atoms with Gasteiger partial charge in [-0.25, -0.2) is 0 Å². The van der Waals surface area contributed by atoms with Gasteiger partial charge in [0.05, 0.1) is 0 Å². The van der Waals surface area contributed by atoms with Gasteiger partial charge in [0.1, 0.15) is 0 Å². The smallest absolute Gasteiger partial charge is 0.852 e. The van der Waals surface area contributed by atoms with E-state index in [1.54, 1.807) is 83.1 Å². The molecule has 0 saturated carbocycles. The van der Waals surface area contributed by atoms with Crippen LogP contribution in [0.1, 0.15) is 111 Å². The zero-order valence-corrected chi connectivity index (χ0v) is 33.1. The molecule has 0 aliphatic rings. The molecular weight excluding hydrogens is 616 g/mol. The van der Waals surface area contributed by atoms with Crippen LogP contribution in [0, 0.1) is 10.1 Å². The van der Waals surface area contributed by atoms with Crippen molar-refractivity contribution in [2.24, 2.45) is 0 Å². The first-order valence-electron chi connectivity index (χ1n) is 13.7. The minimum atomic E-state index is -2.80. The molecule has 0 saturated heterocycles. The van der Waals surface area contributed by atoms with Crippen LogP contribution < -0.4 is 30.6 Å². The molecule has 0 heterocycles. The van der Waals surface area contributed by atoms with E-state index < -0.39 is 50.8 Å².